The normalized spacial score (nSPS) is 13.8. The van der Waals surface area contributed by atoms with Gasteiger partial charge in [-0.25, -0.2) is 4.39 Å². The van der Waals surface area contributed by atoms with Crippen molar-refractivity contribution in [3.8, 4) is 0 Å². The molecule has 64 valence electrons. The second-order valence-electron chi connectivity index (χ2n) is 2.86. The molecule has 0 saturated heterocycles. The van der Waals surface area contributed by atoms with Crippen LogP contribution >= 0.6 is 0 Å². The average molecular weight is 156 g/mol. The number of allylic oxidation sites excluding steroid dienone is 4. The highest BCUT2D eigenvalue weighted by atomic mass is 19.1. The van der Waals surface area contributed by atoms with Gasteiger partial charge in [-0.05, 0) is 25.8 Å². The molecule has 11 heavy (non-hydrogen) atoms. The van der Waals surface area contributed by atoms with Gasteiger partial charge in [-0.15, -0.1) is 0 Å². The van der Waals surface area contributed by atoms with E-state index < -0.39 is 0 Å². The van der Waals surface area contributed by atoms with Gasteiger partial charge in [0.1, 0.15) is 6.67 Å². The first kappa shape index (κ1) is 10.4. The lowest BCUT2D eigenvalue weighted by Crippen LogP contribution is -1.79. The Kier molecular flexibility index (Phi) is 5.81. The van der Waals surface area contributed by atoms with E-state index in [1.54, 1.807) is 0 Å². The maximum absolute atomic E-state index is 12.0. The van der Waals surface area contributed by atoms with Gasteiger partial charge >= 0.3 is 0 Å². The van der Waals surface area contributed by atoms with Crippen LogP contribution in [0.25, 0.3) is 0 Å². The van der Waals surface area contributed by atoms with Crippen molar-refractivity contribution in [1.29, 1.82) is 0 Å². The van der Waals surface area contributed by atoms with Crippen LogP contribution < -0.4 is 0 Å². The van der Waals surface area contributed by atoms with Crippen LogP contribution in [0.3, 0.4) is 0 Å². The zero-order chi connectivity index (χ0) is 8.69. The van der Waals surface area contributed by atoms with E-state index in [9.17, 15) is 4.39 Å². The molecule has 0 nitrogen and oxygen atoms in total. The third-order valence-corrected chi connectivity index (χ3v) is 1.44. The molecule has 0 spiro atoms. The van der Waals surface area contributed by atoms with Crippen molar-refractivity contribution in [2.75, 3.05) is 6.67 Å². The van der Waals surface area contributed by atoms with Crippen molar-refractivity contribution in [1.82, 2.24) is 0 Å². The van der Waals surface area contributed by atoms with Crippen molar-refractivity contribution >= 4 is 0 Å². The van der Waals surface area contributed by atoms with E-state index in [2.05, 4.69) is 13.0 Å². The largest absolute Gasteiger partial charge is 0.246 e. The molecule has 0 atom stereocenters. The minimum absolute atomic E-state index is 0.336. The van der Waals surface area contributed by atoms with Crippen molar-refractivity contribution < 1.29 is 4.39 Å². The molecule has 0 rings (SSSR count). The molecular formula is C10H17F. The highest BCUT2D eigenvalue weighted by Gasteiger charge is 1.87. The zero-order valence-corrected chi connectivity index (χ0v) is 7.65. The van der Waals surface area contributed by atoms with Gasteiger partial charge < -0.3 is 0 Å². The molecule has 0 bridgehead atoms. The van der Waals surface area contributed by atoms with E-state index >= 15 is 0 Å². The minimum atomic E-state index is -0.336. The first-order valence-corrected chi connectivity index (χ1v) is 4.10. The summed E-state index contributed by atoms with van der Waals surface area (Å²) in [5.74, 6) is 0. The number of alkyl halides is 1. The maximum atomic E-state index is 12.0. The van der Waals surface area contributed by atoms with Gasteiger partial charge in [0.2, 0.25) is 0 Å². The molecule has 1 heteroatoms. The molecule has 0 aromatic heterocycles. The summed E-state index contributed by atoms with van der Waals surface area (Å²) < 4.78 is 12.0. The van der Waals surface area contributed by atoms with E-state index in [1.165, 1.54) is 5.57 Å². The van der Waals surface area contributed by atoms with E-state index in [-0.39, 0.29) is 6.67 Å². The molecule has 0 fully saturated rings. The molecule has 0 unspecified atom stereocenters. The van der Waals surface area contributed by atoms with Gasteiger partial charge in [0, 0.05) is 0 Å². The van der Waals surface area contributed by atoms with Gasteiger partial charge in [0.05, 0.1) is 0 Å². The highest BCUT2D eigenvalue weighted by molar-refractivity contribution is 5.20. The lowest BCUT2D eigenvalue weighted by atomic mass is 10.1. The summed E-state index contributed by atoms with van der Waals surface area (Å²) in [6, 6.07) is 0. The zero-order valence-electron chi connectivity index (χ0n) is 7.65. The molecule has 0 amide bonds. The molecule has 0 aliphatic heterocycles. The van der Waals surface area contributed by atoms with Crippen LogP contribution in [0.1, 0.15) is 33.6 Å². The summed E-state index contributed by atoms with van der Waals surface area (Å²) in [7, 11) is 0. The number of hydrogen-bond acceptors (Lipinski definition) is 0. The third kappa shape index (κ3) is 5.84. The lowest BCUT2D eigenvalue weighted by Gasteiger charge is -1.94. The quantitative estimate of drug-likeness (QED) is 0.545. The Morgan fingerprint density at radius 3 is 2.45 bits per heavy atom. The van der Waals surface area contributed by atoms with Crippen molar-refractivity contribution in [2.24, 2.45) is 0 Å². The Balaban J connectivity index is 3.93. The predicted octanol–water partition coefficient (Wildman–Crippen LogP) is 3.65. The van der Waals surface area contributed by atoms with Crippen LogP contribution in [0.2, 0.25) is 0 Å². The van der Waals surface area contributed by atoms with E-state index in [0.717, 1.165) is 18.4 Å². The summed E-state index contributed by atoms with van der Waals surface area (Å²) in [6.45, 7) is 5.62. The summed E-state index contributed by atoms with van der Waals surface area (Å²) in [6.07, 6.45) is 6.27. The molecule has 0 N–H and O–H groups in total. The van der Waals surface area contributed by atoms with E-state index in [4.69, 9.17) is 0 Å². The van der Waals surface area contributed by atoms with E-state index in [0.29, 0.717) is 0 Å². The Morgan fingerprint density at radius 2 is 2.00 bits per heavy atom. The first-order chi connectivity index (χ1) is 5.20. The molecular weight excluding hydrogens is 139 g/mol. The molecule has 0 aliphatic rings. The second-order valence-corrected chi connectivity index (χ2v) is 2.86. The summed E-state index contributed by atoms with van der Waals surface area (Å²) in [5.41, 5.74) is 1.97. The Hall–Kier alpha value is -0.590. The van der Waals surface area contributed by atoms with Crippen LogP contribution in [0.15, 0.2) is 23.3 Å². The fourth-order valence-corrected chi connectivity index (χ4v) is 0.858. The van der Waals surface area contributed by atoms with Gasteiger partial charge in [-0.1, -0.05) is 31.1 Å². The molecule has 0 radical (unpaired) electrons. The first-order valence-electron chi connectivity index (χ1n) is 4.10. The van der Waals surface area contributed by atoms with Gasteiger partial charge in [-0.3, -0.25) is 0 Å². The van der Waals surface area contributed by atoms with Crippen LogP contribution in [0.5, 0.6) is 0 Å². The molecule has 0 aromatic rings. The number of hydrogen-bond donors (Lipinski definition) is 0. The van der Waals surface area contributed by atoms with Crippen LogP contribution in [-0.2, 0) is 0 Å². The standard InChI is InChI=1S/C10H17F/c1-4-5-6-9(2)7-10(3)8-11/h6-7H,4-5,8H2,1-3H3/b9-6-,10-7-. The van der Waals surface area contributed by atoms with Crippen LogP contribution in [0, 0.1) is 0 Å². The SMILES string of the molecule is CCC/C=C(C)\C=C(\C)CF. The van der Waals surface area contributed by atoms with E-state index in [1.807, 2.05) is 19.9 Å². The number of rotatable bonds is 4. The van der Waals surface area contributed by atoms with Crippen molar-refractivity contribution in [3.63, 3.8) is 0 Å². The lowest BCUT2D eigenvalue weighted by molar-refractivity contribution is 0.543. The number of halogens is 1. The Bertz CT molecular complexity index is 154. The average Bonchev–Trinajstić information content (AvgIpc) is 2.00. The summed E-state index contributed by atoms with van der Waals surface area (Å²) in [4.78, 5) is 0. The van der Waals surface area contributed by atoms with Crippen molar-refractivity contribution in [3.05, 3.63) is 23.3 Å². The topological polar surface area (TPSA) is 0 Å². The molecule has 0 aliphatic carbocycles. The van der Waals surface area contributed by atoms with Crippen LogP contribution in [0.4, 0.5) is 4.39 Å². The minimum Gasteiger partial charge on any atom is -0.246 e. The number of unbranched alkanes of at least 4 members (excludes halogenated alkanes) is 1. The molecule has 0 heterocycles. The fraction of sp³-hybridized carbons (Fsp3) is 0.600. The predicted molar refractivity (Wildman–Crippen MR) is 48.4 cm³/mol. The Morgan fingerprint density at radius 1 is 1.36 bits per heavy atom. The summed E-state index contributed by atoms with van der Waals surface area (Å²) >= 11 is 0. The second kappa shape index (κ2) is 6.14. The van der Waals surface area contributed by atoms with Gasteiger partial charge in [0.25, 0.3) is 0 Å². The van der Waals surface area contributed by atoms with Crippen LogP contribution in [-0.4, -0.2) is 6.67 Å². The third-order valence-electron chi connectivity index (χ3n) is 1.44. The van der Waals surface area contributed by atoms with Crippen molar-refractivity contribution in [2.45, 2.75) is 33.6 Å². The fourth-order valence-electron chi connectivity index (χ4n) is 0.858. The van der Waals surface area contributed by atoms with Gasteiger partial charge in [-0.2, -0.15) is 0 Å². The maximum Gasteiger partial charge on any atom is 0.111 e. The highest BCUT2D eigenvalue weighted by Crippen LogP contribution is 2.04. The smallest absolute Gasteiger partial charge is 0.111 e. The molecule has 0 aromatic carbocycles. The summed E-state index contributed by atoms with van der Waals surface area (Å²) in [5, 5.41) is 0. The molecule has 0 saturated carbocycles. The monoisotopic (exact) mass is 156 g/mol. The Labute approximate surface area is 68.8 Å². The van der Waals surface area contributed by atoms with Gasteiger partial charge in [0.15, 0.2) is 0 Å².